The molecule has 0 fully saturated rings. The molecule has 0 atom stereocenters. The van der Waals surface area contributed by atoms with Crippen molar-refractivity contribution in [2.75, 3.05) is 7.11 Å². The van der Waals surface area contributed by atoms with Gasteiger partial charge in [0.05, 0.1) is 18.4 Å². The number of aromatic nitrogens is 2. The third-order valence-corrected chi connectivity index (χ3v) is 3.98. The Morgan fingerprint density at radius 2 is 2.25 bits per heavy atom. The summed E-state index contributed by atoms with van der Waals surface area (Å²) in [5.41, 5.74) is 5.02. The Kier molecular flexibility index (Phi) is 3.30. The summed E-state index contributed by atoms with van der Waals surface area (Å²) in [7, 11) is 1.44. The summed E-state index contributed by atoms with van der Waals surface area (Å²) in [6.45, 7) is 2.96. The minimum atomic E-state index is -0.233. The lowest BCUT2D eigenvalue weighted by molar-refractivity contribution is 0.0598. The lowest BCUT2D eigenvalue weighted by Crippen LogP contribution is -2.14. The molecule has 0 saturated heterocycles. The molecule has 0 N–H and O–H groups in total. The van der Waals surface area contributed by atoms with Crippen LogP contribution in [0.25, 0.3) is 11.3 Å². The molecule has 104 valence electrons. The predicted molar refractivity (Wildman–Crippen MR) is 76.7 cm³/mol. The fourth-order valence-electron chi connectivity index (χ4n) is 3.12. The van der Waals surface area contributed by atoms with Gasteiger partial charge in [0.15, 0.2) is 0 Å². The smallest absolute Gasteiger partial charge is 0.339 e. The highest BCUT2D eigenvalue weighted by atomic mass is 16.5. The normalized spacial score (nSPS) is 13.9. The number of ether oxygens (including phenoxy) is 1. The summed E-state index contributed by atoms with van der Waals surface area (Å²) in [4.78, 5) is 16.3. The number of esters is 1. The minimum absolute atomic E-state index is 0.233. The van der Waals surface area contributed by atoms with Crippen molar-refractivity contribution in [2.45, 2.75) is 32.7 Å². The van der Waals surface area contributed by atoms with Gasteiger partial charge in [-0.05, 0) is 43.9 Å². The average molecular weight is 270 g/mol. The molecule has 0 radical (unpaired) electrons. The first-order valence-corrected chi connectivity index (χ1v) is 6.94. The Morgan fingerprint density at radius 3 is 2.95 bits per heavy atom. The second-order valence-electron chi connectivity index (χ2n) is 5.14. The zero-order valence-electron chi connectivity index (χ0n) is 11.8. The Balaban J connectivity index is 2.25. The number of carbonyl (C=O) groups excluding carboxylic acids is 1. The molecule has 20 heavy (non-hydrogen) atoms. The van der Waals surface area contributed by atoms with Gasteiger partial charge in [0, 0.05) is 30.2 Å². The molecule has 2 aromatic heterocycles. The van der Waals surface area contributed by atoms with Crippen LogP contribution in [0.3, 0.4) is 0 Å². The van der Waals surface area contributed by atoms with Gasteiger partial charge in [0.2, 0.25) is 0 Å². The molecule has 0 spiro atoms. The summed E-state index contributed by atoms with van der Waals surface area (Å²) >= 11 is 0. The molecule has 0 bridgehead atoms. The molecule has 3 rings (SSSR count). The van der Waals surface area contributed by atoms with Crippen molar-refractivity contribution in [3.05, 3.63) is 41.3 Å². The summed E-state index contributed by atoms with van der Waals surface area (Å²) < 4.78 is 7.23. The van der Waals surface area contributed by atoms with Gasteiger partial charge in [-0.25, -0.2) is 4.79 Å². The number of rotatable bonds is 2. The summed E-state index contributed by atoms with van der Waals surface area (Å²) in [6, 6.07) is 3.97. The summed E-state index contributed by atoms with van der Waals surface area (Å²) in [6.07, 6.45) is 6.83. The molecule has 0 aromatic carbocycles. The predicted octanol–water partition coefficient (Wildman–Crippen LogP) is 2.98. The molecule has 1 aliphatic rings. The van der Waals surface area contributed by atoms with Crippen molar-refractivity contribution in [3.63, 3.8) is 0 Å². The van der Waals surface area contributed by atoms with E-state index >= 15 is 0 Å². The average Bonchev–Trinajstić information content (AvgIpc) is 2.79. The lowest BCUT2D eigenvalue weighted by Gasteiger charge is -2.18. The van der Waals surface area contributed by atoms with Crippen molar-refractivity contribution < 1.29 is 9.53 Å². The maximum atomic E-state index is 12.1. The number of nitrogens with zero attached hydrogens (tertiary/aromatic N) is 2. The molecular formula is C16H18N2O2. The van der Waals surface area contributed by atoms with E-state index in [4.69, 9.17) is 4.74 Å². The Bertz CT molecular complexity index is 644. The van der Waals surface area contributed by atoms with Gasteiger partial charge < -0.3 is 9.30 Å². The highest BCUT2D eigenvalue weighted by Crippen LogP contribution is 2.34. The zero-order chi connectivity index (χ0) is 14.1. The Morgan fingerprint density at radius 1 is 1.40 bits per heavy atom. The lowest BCUT2D eigenvalue weighted by atomic mass is 10.0. The first-order chi connectivity index (χ1) is 9.74. The van der Waals surface area contributed by atoms with E-state index in [2.05, 4.69) is 9.55 Å². The molecule has 3 heterocycles. The second kappa shape index (κ2) is 5.12. The Labute approximate surface area is 118 Å². The van der Waals surface area contributed by atoms with Crippen LogP contribution in [0.2, 0.25) is 0 Å². The molecule has 0 unspecified atom stereocenters. The largest absolute Gasteiger partial charge is 0.465 e. The fourth-order valence-corrected chi connectivity index (χ4v) is 3.12. The van der Waals surface area contributed by atoms with E-state index in [1.807, 2.05) is 25.3 Å². The van der Waals surface area contributed by atoms with Gasteiger partial charge in [-0.2, -0.15) is 0 Å². The molecule has 0 amide bonds. The second-order valence-corrected chi connectivity index (χ2v) is 5.14. The van der Waals surface area contributed by atoms with Crippen LogP contribution in [0.4, 0.5) is 0 Å². The van der Waals surface area contributed by atoms with E-state index in [0.717, 1.165) is 53.9 Å². The van der Waals surface area contributed by atoms with Crippen LogP contribution in [-0.2, 0) is 17.7 Å². The molecule has 2 aromatic rings. The van der Waals surface area contributed by atoms with E-state index in [9.17, 15) is 4.79 Å². The van der Waals surface area contributed by atoms with E-state index < -0.39 is 0 Å². The number of methoxy groups -OCH3 is 1. The fraction of sp³-hybridized carbons (Fsp3) is 0.375. The molecule has 4 heteroatoms. The van der Waals surface area contributed by atoms with Crippen molar-refractivity contribution in [1.29, 1.82) is 0 Å². The highest BCUT2D eigenvalue weighted by Gasteiger charge is 2.27. The maximum absolute atomic E-state index is 12.1. The van der Waals surface area contributed by atoms with Gasteiger partial charge in [-0.1, -0.05) is 0 Å². The molecule has 0 saturated carbocycles. The van der Waals surface area contributed by atoms with Crippen LogP contribution in [0.1, 0.15) is 34.5 Å². The van der Waals surface area contributed by atoms with Gasteiger partial charge in [0.25, 0.3) is 0 Å². The third kappa shape index (κ3) is 1.92. The van der Waals surface area contributed by atoms with Crippen LogP contribution in [0.5, 0.6) is 0 Å². The topological polar surface area (TPSA) is 44.1 Å². The standard InChI is InChI=1S/C16H18N2O2/c1-11-14(16(19)20-2)13-7-3-4-9-18(13)15(11)12-6-5-8-17-10-12/h5-6,8,10H,3-4,7,9H2,1-2H3. The maximum Gasteiger partial charge on any atom is 0.339 e. The molecule has 0 aliphatic carbocycles. The van der Waals surface area contributed by atoms with Crippen LogP contribution >= 0.6 is 0 Å². The number of carbonyl (C=O) groups is 1. The number of hydrogen-bond acceptors (Lipinski definition) is 3. The van der Waals surface area contributed by atoms with Crippen LogP contribution in [0.15, 0.2) is 24.5 Å². The first kappa shape index (κ1) is 12.9. The van der Waals surface area contributed by atoms with Gasteiger partial charge in [-0.15, -0.1) is 0 Å². The Hall–Kier alpha value is -2.10. The summed E-state index contributed by atoms with van der Waals surface area (Å²) in [5, 5.41) is 0. The van der Waals surface area contributed by atoms with E-state index in [0.29, 0.717) is 0 Å². The zero-order valence-corrected chi connectivity index (χ0v) is 11.8. The number of fused-ring (bicyclic) bond motifs is 1. The van der Waals surface area contributed by atoms with Crippen molar-refractivity contribution >= 4 is 5.97 Å². The molecule has 1 aliphatic heterocycles. The van der Waals surface area contributed by atoms with Crippen LogP contribution < -0.4 is 0 Å². The van der Waals surface area contributed by atoms with Gasteiger partial charge >= 0.3 is 5.97 Å². The van der Waals surface area contributed by atoms with Crippen LogP contribution in [-0.4, -0.2) is 22.6 Å². The number of pyridine rings is 1. The molecule has 4 nitrogen and oxygen atoms in total. The highest BCUT2D eigenvalue weighted by molar-refractivity contribution is 5.95. The monoisotopic (exact) mass is 270 g/mol. The third-order valence-electron chi connectivity index (χ3n) is 3.98. The molecular weight excluding hydrogens is 252 g/mol. The van der Waals surface area contributed by atoms with Crippen molar-refractivity contribution in [3.8, 4) is 11.3 Å². The van der Waals surface area contributed by atoms with E-state index in [1.165, 1.54) is 7.11 Å². The van der Waals surface area contributed by atoms with E-state index in [1.54, 1.807) is 6.20 Å². The first-order valence-electron chi connectivity index (χ1n) is 6.94. The van der Waals surface area contributed by atoms with Crippen molar-refractivity contribution in [1.82, 2.24) is 9.55 Å². The van der Waals surface area contributed by atoms with Crippen LogP contribution in [0, 0.1) is 6.92 Å². The van der Waals surface area contributed by atoms with Crippen molar-refractivity contribution in [2.24, 2.45) is 0 Å². The van der Waals surface area contributed by atoms with Gasteiger partial charge in [0.1, 0.15) is 0 Å². The quantitative estimate of drug-likeness (QED) is 0.788. The summed E-state index contributed by atoms with van der Waals surface area (Å²) in [5.74, 6) is -0.233. The number of hydrogen-bond donors (Lipinski definition) is 0. The van der Waals surface area contributed by atoms with Gasteiger partial charge in [-0.3, -0.25) is 4.98 Å². The minimum Gasteiger partial charge on any atom is -0.465 e. The van der Waals surface area contributed by atoms with E-state index in [-0.39, 0.29) is 5.97 Å². The SMILES string of the molecule is COC(=O)c1c(C)c(-c2cccnc2)n2c1CCCC2.